The summed E-state index contributed by atoms with van der Waals surface area (Å²) in [4.78, 5) is 18.2. The molecule has 5 aromatic rings. The van der Waals surface area contributed by atoms with E-state index < -0.39 is 0 Å². The van der Waals surface area contributed by atoms with Crippen molar-refractivity contribution in [3.8, 4) is 11.4 Å². The molecule has 5 heteroatoms. The van der Waals surface area contributed by atoms with Crippen molar-refractivity contribution in [3.05, 3.63) is 101 Å². The highest BCUT2D eigenvalue weighted by atomic mass is 16.5. The van der Waals surface area contributed by atoms with Crippen LogP contribution in [0.1, 0.15) is 18.3 Å². The van der Waals surface area contributed by atoms with Crippen molar-refractivity contribution in [1.29, 1.82) is 0 Å². The van der Waals surface area contributed by atoms with Gasteiger partial charge in [0.2, 0.25) is 0 Å². The van der Waals surface area contributed by atoms with Crippen LogP contribution in [0.2, 0.25) is 0 Å². The predicted octanol–water partition coefficient (Wildman–Crippen LogP) is 5.54. The number of fused-ring (bicyclic) bond motifs is 2. The highest BCUT2D eigenvalue weighted by Gasteiger charge is 2.12. The number of methoxy groups -OCH3 is 1. The molecule has 0 bridgehead atoms. The van der Waals surface area contributed by atoms with E-state index in [1.54, 1.807) is 11.7 Å². The molecule has 0 radical (unpaired) electrons. The zero-order chi connectivity index (χ0) is 22.1. The smallest absolute Gasteiger partial charge is 0.266 e. The molecule has 3 aromatic carbocycles. The number of aryl methyl sites for hydroxylation is 1. The number of hydrogen-bond acceptors (Lipinski definition) is 3. The molecule has 0 atom stereocenters. The Labute approximate surface area is 185 Å². The van der Waals surface area contributed by atoms with E-state index in [4.69, 9.17) is 9.72 Å². The molecular weight excluding hydrogens is 398 g/mol. The van der Waals surface area contributed by atoms with Crippen LogP contribution in [0.4, 0.5) is 0 Å². The summed E-state index contributed by atoms with van der Waals surface area (Å²) in [5, 5.41) is 1.76. The van der Waals surface area contributed by atoms with Gasteiger partial charge in [-0.2, -0.15) is 0 Å². The fourth-order valence-corrected chi connectivity index (χ4v) is 4.08. The standard InChI is InChI=1S/C27H23N3O2/c1-3-29-18-19(22-8-5-7-11-25(22)29)12-17-26-28-24-10-6-4-9-23(24)27(31)30(26)20-13-15-21(32-2)16-14-20/h4-18H,3H2,1-2H3. The van der Waals surface area contributed by atoms with Gasteiger partial charge in [-0.3, -0.25) is 9.36 Å². The number of para-hydroxylation sites is 2. The summed E-state index contributed by atoms with van der Waals surface area (Å²) < 4.78 is 9.15. The molecule has 0 spiro atoms. The van der Waals surface area contributed by atoms with Gasteiger partial charge < -0.3 is 9.30 Å². The third-order valence-corrected chi connectivity index (χ3v) is 5.70. The van der Waals surface area contributed by atoms with Crippen LogP contribution < -0.4 is 10.3 Å². The van der Waals surface area contributed by atoms with Gasteiger partial charge in [-0.1, -0.05) is 30.3 Å². The molecule has 5 nitrogen and oxygen atoms in total. The summed E-state index contributed by atoms with van der Waals surface area (Å²) in [6.07, 6.45) is 6.09. The fourth-order valence-electron chi connectivity index (χ4n) is 4.08. The molecule has 5 rings (SSSR count). The summed E-state index contributed by atoms with van der Waals surface area (Å²) in [6, 6.07) is 23.2. The number of ether oxygens (including phenoxy) is 1. The Bertz CT molecular complexity index is 1510. The van der Waals surface area contributed by atoms with Crippen molar-refractivity contribution in [1.82, 2.24) is 14.1 Å². The largest absolute Gasteiger partial charge is 0.497 e. The summed E-state index contributed by atoms with van der Waals surface area (Å²) in [7, 11) is 1.62. The van der Waals surface area contributed by atoms with Crippen LogP contribution in [0.25, 0.3) is 39.6 Å². The van der Waals surface area contributed by atoms with Crippen molar-refractivity contribution in [3.63, 3.8) is 0 Å². The van der Waals surface area contributed by atoms with Crippen molar-refractivity contribution in [2.45, 2.75) is 13.5 Å². The van der Waals surface area contributed by atoms with Gasteiger partial charge in [0, 0.05) is 29.2 Å². The zero-order valence-electron chi connectivity index (χ0n) is 18.0. The number of rotatable bonds is 5. The van der Waals surface area contributed by atoms with Gasteiger partial charge in [0.15, 0.2) is 0 Å². The minimum Gasteiger partial charge on any atom is -0.497 e. The monoisotopic (exact) mass is 421 g/mol. The first-order valence-corrected chi connectivity index (χ1v) is 10.6. The van der Waals surface area contributed by atoms with Crippen LogP contribution in [0.15, 0.2) is 83.8 Å². The first-order chi connectivity index (χ1) is 15.7. The molecule has 0 aliphatic carbocycles. The molecule has 0 fully saturated rings. The average Bonchev–Trinajstić information content (AvgIpc) is 3.21. The molecular formula is C27H23N3O2. The maximum Gasteiger partial charge on any atom is 0.266 e. The second-order valence-corrected chi connectivity index (χ2v) is 7.55. The molecule has 0 N–H and O–H groups in total. The van der Waals surface area contributed by atoms with E-state index in [0.29, 0.717) is 16.7 Å². The van der Waals surface area contributed by atoms with Gasteiger partial charge in [-0.15, -0.1) is 0 Å². The van der Waals surface area contributed by atoms with Crippen LogP contribution >= 0.6 is 0 Å². The predicted molar refractivity (Wildman–Crippen MR) is 130 cm³/mol. The quantitative estimate of drug-likeness (QED) is 0.374. The van der Waals surface area contributed by atoms with E-state index in [9.17, 15) is 4.79 Å². The van der Waals surface area contributed by atoms with Gasteiger partial charge >= 0.3 is 0 Å². The first kappa shape index (κ1) is 19.8. The molecule has 158 valence electrons. The average molecular weight is 422 g/mol. The van der Waals surface area contributed by atoms with Gasteiger partial charge in [0.1, 0.15) is 11.6 Å². The molecule has 0 saturated carbocycles. The summed E-state index contributed by atoms with van der Waals surface area (Å²) in [5.74, 6) is 1.31. The Balaban J connectivity index is 1.70. The minimum absolute atomic E-state index is 0.101. The summed E-state index contributed by atoms with van der Waals surface area (Å²) in [6.45, 7) is 3.02. The van der Waals surface area contributed by atoms with Crippen LogP contribution in [0.3, 0.4) is 0 Å². The fraction of sp³-hybridized carbons (Fsp3) is 0.111. The van der Waals surface area contributed by atoms with Crippen molar-refractivity contribution >= 4 is 34.0 Å². The lowest BCUT2D eigenvalue weighted by Gasteiger charge is -2.12. The van der Waals surface area contributed by atoms with Crippen LogP contribution in [-0.4, -0.2) is 21.2 Å². The number of nitrogens with zero attached hydrogens (tertiary/aromatic N) is 3. The maximum atomic E-state index is 13.4. The zero-order valence-corrected chi connectivity index (χ0v) is 18.0. The molecule has 0 unspecified atom stereocenters. The molecule has 2 aromatic heterocycles. The van der Waals surface area contributed by atoms with E-state index in [-0.39, 0.29) is 5.56 Å². The van der Waals surface area contributed by atoms with E-state index in [1.165, 1.54) is 10.9 Å². The number of hydrogen-bond donors (Lipinski definition) is 0. The second-order valence-electron chi connectivity index (χ2n) is 7.55. The van der Waals surface area contributed by atoms with E-state index in [2.05, 4.69) is 29.8 Å². The third kappa shape index (κ3) is 3.38. The Morgan fingerprint density at radius 1 is 0.906 bits per heavy atom. The Hall–Kier alpha value is -4.12. The van der Waals surface area contributed by atoms with Crippen molar-refractivity contribution < 1.29 is 4.74 Å². The highest BCUT2D eigenvalue weighted by Crippen LogP contribution is 2.24. The molecule has 0 saturated heterocycles. The SMILES string of the molecule is CCn1cc(C=Cc2nc3ccccc3c(=O)n2-c2ccc(OC)cc2)c2ccccc21. The minimum atomic E-state index is -0.101. The highest BCUT2D eigenvalue weighted by molar-refractivity contribution is 5.92. The lowest BCUT2D eigenvalue weighted by molar-refractivity contribution is 0.414. The van der Waals surface area contributed by atoms with Crippen LogP contribution in [-0.2, 0) is 6.54 Å². The summed E-state index contributed by atoms with van der Waals surface area (Å²) >= 11 is 0. The lowest BCUT2D eigenvalue weighted by Crippen LogP contribution is -2.22. The first-order valence-electron chi connectivity index (χ1n) is 10.6. The number of benzene rings is 3. The Kier molecular flexibility index (Phi) is 5.07. The normalized spacial score (nSPS) is 11.6. The lowest BCUT2D eigenvalue weighted by atomic mass is 10.1. The van der Waals surface area contributed by atoms with Gasteiger partial charge in [0.05, 0.1) is 23.7 Å². The Morgan fingerprint density at radius 3 is 2.38 bits per heavy atom. The Morgan fingerprint density at radius 2 is 1.62 bits per heavy atom. The third-order valence-electron chi connectivity index (χ3n) is 5.70. The van der Waals surface area contributed by atoms with Crippen LogP contribution in [0, 0.1) is 0 Å². The second kappa shape index (κ2) is 8.19. The van der Waals surface area contributed by atoms with Crippen molar-refractivity contribution in [2.24, 2.45) is 0 Å². The van der Waals surface area contributed by atoms with Gasteiger partial charge in [-0.25, -0.2) is 4.98 Å². The molecule has 2 heterocycles. The van der Waals surface area contributed by atoms with E-state index in [1.807, 2.05) is 72.8 Å². The van der Waals surface area contributed by atoms with Gasteiger partial charge in [0.25, 0.3) is 5.56 Å². The molecule has 32 heavy (non-hydrogen) atoms. The van der Waals surface area contributed by atoms with E-state index in [0.717, 1.165) is 23.5 Å². The van der Waals surface area contributed by atoms with E-state index >= 15 is 0 Å². The maximum absolute atomic E-state index is 13.4. The topological polar surface area (TPSA) is 49.0 Å². The van der Waals surface area contributed by atoms with Crippen molar-refractivity contribution in [2.75, 3.05) is 7.11 Å². The van der Waals surface area contributed by atoms with Gasteiger partial charge in [-0.05, 0) is 61.5 Å². The molecule has 0 aliphatic rings. The summed E-state index contributed by atoms with van der Waals surface area (Å²) in [5.41, 5.74) is 3.60. The molecule has 0 aliphatic heterocycles. The van der Waals surface area contributed by atoms with Crippen LogP contribution in [0.5, 0.6) is 5.75 Å². The molecule has 0 amide bonds. The number of aromatic nitrogens is 3.